The molecule has 2 radical (unpaired) electrons. The number of fused-ring (bicyclic) bond motifs is 1. The van der Waals surface area contributed by atoms with Gasteiger partial charge < -0.3 is 24.4 Å². The first-order chi connectivity index (χ1) is 17.2. The van der Waals surface area contributed by atoms with E-state index in [0.29, 0.717) is 48.7 Å². The van der Waals surface area contributed by atoms with E-state index in [4.69, 9.17) is 14.2 Å². The number of benzene rings is 2. The Kier molecular flexibility index (Phi) is 7.88. The van der Waals surface area contributed by atoms with Gasteiger partial charge in [0.25, 0.3) is 5.91 Å². The van der Waals surface area contributed by atoms with Gasteiger partial charge in [-0.05, 0) is 82.7 Å². The number of methoxy groups -OCH3 is 1. The molecule has 1 fully saturated rings. The third kappa shape index (κ3) is 6.01. The van der Waals surface area contributed by atoms with Crippen LogP contribution in [0.15, 0.2) is 36.4 Å². The third-order valence-electron chi connectivity index (χ3n) is 6.32. The zero-order valence-corrected chi connectivity index (χ0v) is 21.8. The Morgan fingerprint density at radius 3 is 2.64 bits per heavy atom. The van der Waals surface area contributed by atoms with Crippen LogP contribution in [0.1, 0.15) is 80.9 Å². The first-order valence-electron chi connectivity index (χ1n) is 12.7. The number of ether oxygens (including phenoxy) is 3. The summed E-state index contributed by atoms with van der Waals surface area (Å²) in [5.74, 6) is 1.25. The number of nitrogens with zero attached hydrogens (tertiary/aromatic N) is 1. The van der Waals surface area contributed by atoms with Crippen molar-refractivity contribution in [1.82, 2.24) is 4.90 Å². The smallest absolute Gasteiger partial charge is 0.257 e. The lowest BCUT2D eigenvalue weighted by atomic mass is 9.99. The lowest BCUT2D eigenvalue weighted by Crippen LogP contribution is -2.30. The zero-order valence-electron chi connectivity index (χ0n) is 21.8. The van der Waals surface area contributed by atoms with Gasteiger partial charge in [-0.1, -0.05) is 18.2 Å². The summed E-state index contributed by atoms with van der Waals surface area (Å²) in [5, 5.41) is 2.99. The maximum absolute atomic E-state index is 13.8. The minimum absolute atomic E-state index is 0.00811. The van der Waals surface area contributed by atoms with Crippen LogP contribution in [0.5, 0.6) is 11.5 Å². The number of nitrogens with one attached hydrogen (secondary N) is 1. The number of carbonyl (C=O) groups excluding carboxylic acids is 2. The molecule has 0 spiro atoms. The molecule has 1 aliphatic heterocycles. The highest BCUT2D eigenvalue weighted by molar-refractivity contribution is 6.07. The van der Waals surface area contributed by atoms with Crippen LogP contribution in [-0.4, -0.2) is 36.0 Å². The van der Waals surface area contributed by atoms with Gasteiger partial charge in [-0.3, -0.25) is 9.59 Å². The molecule has 2 aromatic carbocycles. The van der Waals surface area contributed by atoms with Crippen molar-refractivity contribution in [1.29, 1.82) is 0 Å². The first kappa shape index (κ1) is 26.0. The summed E-state index contributed by atoms with van der Waals surface area (Å²) < 4.78 is 17.0. The van der Waals surface area contributed by atoms with Gasteiger partial charge in [-0.2, -0.15) is 0 Å². The fraction of sp³-hybridized carbons (Fsp3) is 0.483. The molecule has 1 saturated carbocycles. The molecule has 0 bridgehead atoms. The van der Waals surface area contributed by atoms with Gasteiger partial charge in [0, 0.05) is 12.5 Å². The minimum atomic E-state index is -0.327. The number of anilines is 1. The van der Waals surface area contributed by atoms with E-state index in [0.717, 1.165) is 24.0 Å². The van der Waals surface area contributed by atoms with E-state index >= 15 is 0 Å². The summed E-state index contributed by atoms with van der Waals surface area (Å²) in [7, 11) is 1.61. The van der Waals surface area contributed by atoms with Crippen LogP contribution in [0.25, 0.3) is 0 Å². The molecule has 7 nitrogen and oxygen atoms in total. The van der Waals surface area contributed by atoms with Crippen LogP contribution in [0.4, 0.5) is 5.69 Å². The van der Waals surface area contributed by atoms with Gasteiger partial charge in [0.2, 0.25) is 5.91 Å². The molecule has 192 valence electrons. The van der Waals surface area contributed by atoms with Crippen molar-refractivity contribution in [3.8, 4) is 11.5 Å². The van der Waals surface area contributed by atoms with Crippen LogP contribution in [0.3, 0.4) is 0 Å². The number of amides is 2. The average molecular weight is 493 g/mol. The van der Waals surface area contributed by atoms with Crippen molar-refractivity contribution in [2.75, 3.05) is 19.0 Å². The van der Waals surface area contributed by atoms with E-state index in [2.05, 4.69) is 11.9 Å². The van der Waals surface area contributed by atoms with E-state index < -0.39 is 0 Å². The molecule has 0 saturated heterocycles. The molecule has 1 atom stereocenters. The maximum atomic E-state index is 13.8. The molecule has 1 unspecified atom stereocenters. The maximum Gasteiger partial charge on any atom is 0.257 e. The average Bonchev–Trinajstić information content (AvgIpc) is 3.63. The standard InChI is InChI=1S/C29H36N2O5/c1-6-35-25-17-20(14-15-24(25)34-5)23(11-8-16-36-29(2,3)4)31-18-21-9-7-10-22(26(21)28(31)33)30-27(32)19-12-13-19/h7,9-10,14-15,17,19,23H,6,8,11-13,18H2,1-5H3,(H,30,32). The molecule has 0 aromatic heterocycles. The monoisotopic (exact) mass is 492 g/mol. The summed E-state index contributed by atoms with van der Waals surface area (Å²) in [5.41, 5.74) is 2.70. The fourth-order valence-corrected chi connectivity index (χ4v) is 4.45. The Morgan fingerprint density at radius 1 is 1.19 bits per heavy atom. The van der Waals surface area contributed by atoms with Crippen molar-refractivity contribution in [3.05, 3.63) is 59.7 Å². The second kappa shape index (κ2) is 10.9. The van der Waals surface area contributed by atoms with Gasteiger partial charge >= 0.3 is 0 Å². The summed E-state index contributed by atoms with van der Waals surface area (Å²) >= 11 is 0. The number of rotatable bonds is 11. The summed E-state index contributed by atoms with van der Waals surface area (Å²) in [6, 6.07) is 11.2. The quantitative estimate of drug-likeness (QED) is 0.403. The van der Waals surface area contributed by atoms with Gasteiger partial charge in [0.15, 0.2) is 11.5 Å². The van der Waals surface area contributed by atoms with Crippen molar-refractivity contribution < 1.29 is 23.8 Å². The second-order valence-corrected chi connectivity index (χ2v) is 10.3. The second-order valence-electron chi connectivity index (χ2n) is 10.3. The van der Waals surface area contributed by atoms with Crippen molar-refractivity contribution in [3.63, 3.8) is 0 Å². The van der Waals surface area contributed by atoms with Gasteiger partial charge in [-0.15, -0.1) is 0 Å². The summed E-state index contributed by atoms with van der Waals surface area (Å²) in [4.78, 5) is 28.1. The summed E-state index contributed by atoms with van der Waals surface area (Å²) in [6.45, 7) is 11.9. The molecule has 2 amide bonds. The highest BCUT2D eigenvalue weighted by Crippen LogP contribution is 2.40. The van der Waals surface area contributed by atoms with Crippen molar-refractivity contribution in [2.45, 2.75) is 71.6 Å². The number of hydrogen-bond donors (Lipinski definition) is 1. The molecule has 36 heavy (non-hydrogen) atoms. The van der Waals surface area contributed by atoms with Crippen molar-refractivity contribution in [2.24, 2.45) is 5.92 Å². The molecule has 4 rings (SSSR count). The first-order valence-corrected chi connectivity index (χ1v) is 12.7. The Balaban J connectivity index is 1.61. The van der Waals surface area contributed by atoms with Gasteiger partial charge in [0.1, 0.15) is 6.61 Å². The third-order valence-corrected chi connectivity index (χ3v) is 6.32. The van der Waals surface area contributed by atoms with E-state index in [1.54, 1.807) is 7.11 Å². The SMILES string of the molecule is CCOc1cc(C(CC[C]OC(C)(C)C)N2Cc3cccc(NC(=O)C4CC4)c3C2=O)ccc1OC. The Hall–Kier alpha value is -3.06. The van der Waals surface area contributed by atoms with E-state index in [1.807, 2.05) is 69.0 Å². The molecule has 2 aromatic rings. The predicted octanol–water partition coefficient (Wildman–Crippen LogP) is 5.77. The fourth-order valence-electron chi connectivity index (χ4n) is 4.45. The highest BCUT2D eigenvalue weighted by Gasteiger charge is 2.37. The van der Waals surface area contributed by atoms with Gasteiger partial charge in [0.05, 0.1) is 36.6 Å². The zero-order chi connectivity index (χ0) is 25.9. The molecule has 1 N–H and O–H groups in total. The Labute approximate surface area is 214 Å². The van der Waals surface area contributed by atoms with Crippen LogP contribution < -0.4 is 14.8 Å². The molecule has 2 aliphatic rings. The minimum Gasteiger partial charge on any atom is -0.493 e. The van der Waals surface area contributed by atoms with E-state index in [-0.39, 0.29) is 29.4 Å². The molecule has 1 heterocycles. The molecule has 1 aliphatic carbocycles. The number of carbonyl (C=O) groups is 2. The van der Waals surface area contributed by atoms with Gasteiger partial charge in [-0.25, -0.2) is 0 Å². The lowest BCUT2D eigenvalue weighted by Gasteiger charge is -2.29. The molecule has 7 heteroatoms. The van der Waals surface area contributed by atoms with E-state index in [1.165, 1.54) is 0 Å². The van der Waals surface area contributed by atoms with E-state index in [9.17, 15) is 9.59 Å². The lowest BCUT2D eigenvalue weighted by molar-refractivity contribution is -0.117. The summed E-state index contributed by atoms with van der Waals surface area (Å²) in [6.07, 6.45) is 2.99. The normalized spacial score (nSPS) is 16.0. The number of hydrogen-bond acceptors (Lipinski definition) is 5. The van der Waals surface area contributed by atoms with Crippen LogP contribution in [0.2, 0.25) is 0 Å². The molecular formula is C29H36N2O5. The van der Waals surface area contributed by atoms with Crippen molar-refractivity contribution >= 4 is 17.5 Å². The highest BCUT2D eigenvalue weighted by atomic mass is 16.5. The largest absolute Gasteiger partial charge is 0.493 e. The Bertz CT molecular complexity index is 1100. The van der Waals surface area contributed by atoms with Crippen LogP contribution in [-0.2, 0) is 16.1 Å². The predicted molar refractivity (Wildman–Crippen MR) is 138 cm³/mol. The topological polar surface area (TPSA) is 77.1 Å². The van der Waals surface area contributed by atoms with Crippen LogP contribution >= 0.6 is 0 Å². The van der Waals surface area contributed by atoms with Crippen LogP contribution in [0, 0.1) is 12.5 Å². The molecular weight excluding hydrogens is 456 g/mol. The Morgan fingerprint density at radius 2 is 1.97 bits per heavy atom.